The van der Waals surface area contributed by atoms with E-state index in [9.17, 15) is 27.9 Å². The van der Waals surface area contributed by atoms with E-state index in [1.165, 1.54) is 16.2 Å². The van der Waals surface area contributed by atoms with E-state index in [1.807, 2.05) is 12.0 Å². The van der Waals surface area contributed by atoms with Crippen LogP contribution in [0.5, 0.6) is 5.75 Å². The number of thiophene rings is 1. The Morgan fingerprint density at radius 2 is 2.02 bits per heavy atom. The van der Waals surface area contributed by atoms with Crippen molar-refractivity contribution >= 4 is 50.9 Å². The summed E-state index contributed by atoms with van der Waals surface area (Å²) in [6.07, 6.45) is -4.05. The van der Waals surface area contributed by atoms with Gasteiger partial charge >= 0.3 is 12.1 Å². The van der Waals surface area contributed by atoms with Crippen molar-refractivity contribution in [1.29, 1.82) is 0 Å². The summed E-state index contributed by atoms with van der Waals surface area (Å²) in [5.74, 6) is 1.85. The molecule has 0 radical (unpaired) electrons. The fourth-order valence-electron chi connectivity index (χ4n) is 5.08. The van der Waals surface area contributed by atoms with Crippen molar-refractivity contribution in [2.75, 3.05) is 32.8 Å². The molecule has 1 aromatic carbocycles. The number of alkyl halides is 3. The molecule has 214 valence electrons. The van der Waals surface area contributed by atoms with Gasteiger partial charge in [0.2, 0.25) is 0 Å². The summed E-state index contributed by atoms with van der Waals surface area (Å²) < 4.78 is 45.8. The monoisotopic (exact) mass is 604 g/mol. The maximum Gasteiger partial charge on any atom is 0.401 e. The van der Waals surface area contributed by atoms with Crippen molar-refractivity contribution in [1.82, 2.24) is 14.8 Å². The molecule has 13 heteroatoms. The zero-order valence-electron chi connectivity index (χ0n) is 22.0. The fourth-order valence-corrected chi connectivity index (χ4v) is 6.26. The van der Waals surface area contributed by atoms with E-state index in [4.69, 9.17) is 16.3 Å². The lowest BCUT2D eigenvalue weighted by atomic mass is 10.0. The molecule has 41 heavy (non-hydrogen) atoms. The maximum absolute atomic E-state index is 13.0. The third-order valence-corrected chi connectivity index (χ3v) is 8.06. The summed E-state index contributed by atoms with van der Waals surface area (Å²) in [5.41, 5.74) is 3.66. The first-order chi connectivity index (χ1) is 19.4. The number of benzene rings is 1. The van der Waals surface area contributed by atoms with Gasteiger partial charge in [0.15, 0.2) is 5.94 Å². The average molecular weight is 605 g/mol. The predicted molar refractivity (Wildman–Crippen MR) is 150 cm³/mol. The van der Waals surface area contributed by atoms with Crippen LogP contribution >= 0.6 is 22.9 Å². The molecule has 0 fully saturated rings. The highest BCUT2D eigenvalue weighted by atomic mass is 35.5. The van der Waals surface area contributed by atoms with Gasteiger partial charge in [-0.15, -0.1) is 11.3 Å². The van der Waals surface area contributed by atoms with Crippen LogP contribution in [0.25, 0.3) is 21.3 Å². The van der Waals surface area contributed by atoms with Crippen LogP contribution in [0.4, 0.5) is 13.2 Å². The number of nitrogens with zero attached hydrogens (tertiary/aromatic N) is 4. The lowest BCUT2D eigenvalue weighted by molar-refractivity contribution is -0.145. The predicted octanol–water partition coefficient (Wildman–Crippen LogP) is 5.97. The second kappa shape index (κ2) is 11.3. The molecule has 0 bridgehead atoms. The molecule has 2 aliphatic rings. The van der Waals surface area contributed by atoms with Gasteiger partial charge in [-0.05, 0) is 38.1 Å². The third-order valence-electron chi connectivity index (χ3n) is 6.82. The minimum atomic E-state index is -4.35. The molecule has 3 aromatic rings. The number of rotatable bonds is 7. The summed E-state index contributed by atoms with van der Waals surface area (Å²) >= 11 is 7.59. The summed E-state index contributed by atoms with van der Waals surface area (Å²) in [4.78, 5) is 35.6. The van der Waals surface area contributed by atoms with Gasteiger partial charge in [0.25, 0.3) is 0 Å². The van der Waals surface area contributed by atoms with Gasteiger partial charge in [-0.1, -0.05) is 11.6 Å². The summed E-state index contributed by atoms with van der Waals surface area (Å²) in [5, 5.41) is 11.6. The van der Waals surface area contributed by atoms with E-state index in [0.29, 0.717) is 61.3 Å². The van der Waals surface area contributed by atoms with Gasteiger partial charge in [0.1, 0.15) is 23.9 Å². The molecular formula is C28H24ClF3N4O4S. The first-order valence-corrected chi connectivity index (χ1v) is 13.8. The molecule has 0 saturated carbocycles. The number of carboxylic acids is 1. The Bertz CT molecular complexity index is 1660. The summed E-state index contributed by atoms with van der Waals surface area (Å²) in [6, 6.07) is 6.93. The van der Waals surface area contributed by atoms with E-state index in [-0.39, 0.29) is 37.5 Å². The Labute approximate surface area is 242 Å². The number of amidine groups is 1. The van der Waals surface area contributed by atoms with Crippen molar-refractivity contribution in [2.24, 2.45) is 4.99 Å². The third kappa shape index (κ3) is 6.01. The number of hydrogen-bond acceptors (Lipinski definition) is 8. The van der Waals surface area contributed by atoms with E-state index >= 15 is 0 Å². The average Bonchev–Trinajstić information content (AvgIpc) is 3.32. The van der Waals surface area contributed by atoms with Crippen LogP contribution in [0.2, 0.25) is 5.02 Å². The Balaban J connectivity index is 1.38. The number of hydrogen-bond donors (Lipinski definition) is 1. The number of carbonyl (C=O) groups is 1. The van der Waals surface area contributed by atoms with E-state index in [2.05, 4.69) is 9.98 Å². The Kier molecular flexibility index (Phi) is 7.93. The van der Waals surface area contributed by atoms with Gasteiger partial charge in [-0.2, -0.15) is 13.2 Å². The molecule has 4 heterocycles. The van der Waals surface area contributed by atoms with Gasteiger partial charge < -0.3 is 14.7 Å². The van der Waals surface area contributed by atoms with Gasteiger partial charge in [0, 0.05) is 52.3 Å². The molecule has 2 aliphatic heterocycles. The second-order valence-electron chi connectivity index (χ2n) is 9.69. The molecular weight excluding hydrogens is 581 g/mol. The highest BCUT2D eigenvalue weighted by molar-refractivity contribution is 7.18. The van der Waals surface area contributed by atoms with Crippen molar-refractivity contribution in [3.63, 3.8) is 0 Å². The van der Waals surface area contributed by atoms with Crippen LogP contribution in [0.1, 0.15) is 29.4 Å². The van der Waals surface area contributed by atoms with Crippen molar-refractivity contribution in [3.05, 3.63) is 62.9 Å². The van der Waals surface area contributed by atoms with Gasteiger partial charge in [-0.25, -0.2) is 14.6 Å². The van der Waals surface area contributed by atoms with Crippen LogP contribution in [0, 0.1) is 6.92 Å². The molecule has 0 saturated heterocycles. The second-order valence-corrected chi connectivity index (χ2v) is 11.0. The molecule has 1 N–H and O–H groups in total. The van der Waals surface area contributed by atoms with Gasteiger partial charge in [0.05, 0.1) is 34.6 Å². The minimum absolute atomic E-state index is 0.0502. The summed E-state index contributed by atoms with van der Waals surface area (Å²) in [7, 11) is 0. The summed E-state index contributed by atoms with van der Waals surface area (Å²) in [6.45, 7) is 2.86. The lowest BCUT2D eigenvalue weighted by Crippen LogP contribution is -2.44. The highest BCUT2D eigenvalue weighted by Gasteiger charge is 2.36. The molecule has 5 rings (SSSR count). The number of aromatic nitrogens is 1. The normalized spacial score (nSPS) is 16.1. The minimum Gasteiger partial charge on any atom is -0.491 e. The molecule has 2 aromatic heterocycles. The number of aryl methyl sites for hydroxylation is 1. The Morgan fingerprint density at radius 1 is 1.24 bits per heavy atom. The number of ether oxygens (including phenoxy) is 1. The number of halogens is 4. The maximum atomic E-state index is 13.0. The quantitative estimate of drug-likeness (QED) is 0.332. The molecule has 0 amide bonds. The standard InChI is InChI=1S/C28H24ClF3N4O4S/c1-15-9-19(26-25(33-15)21(13-41-26)27(38)39)18-10-17(29)3-4-24(18)40-8-7-36-16(2)34-22-5-6-35(14-28(30,31)32)11-20(22)23(36)12-37/h3-4,9-10,13H,5-8,11,14H2,1-2H3,(H,38,39). The van der Waals surface area contributed by atoms with Crippen molar-refractivity contribution in [3.8, 4) is 16.9 Å². The van der Waals surface area contributed by atoms with Crippen molar-refractivity contribution in [2.45, 2.75) is 26.4 Å². The van der Waals surface area contributed by atoms with Crippen LogP contribution in [0.15, 0.2) is 51.6 Å². The topological polar surface area (TPSA) is 95.3 Å². The number of carbonyl (C=O) groups excluding carboxylic acids is 1. The largest absolute Gasteiger partial charge is 0.491 e. The van der Waals surface area contributed by atoms with E-state index in [1.54, 1.807) is 42.3 Å². The van der Waals surface area contributed by atoms with Gasteiger partial charge in [-0.3, -0.25) is 9.88 Å². The van der Waals surface area contributed by atoms with Crippen LogP contribution < -0.4 is 4.74 Å². The van der Waals surface area contributed by atoms with E-state index < -0.39 is 18.7 Å². The van der Waals surface area contributed by atoms with Crippen LogP contribution in [-0.2, 0) is 4.79 Å². The Morgan fingerprint density at radius 3 is 2.73 bits per heavy atom. The number of pyridine rings is 1. The first-order valence-electron chi connectivity index (χ1n) is 12.6. The van der Waals surface area contributed by atoms with Crippen LogP contribution in [0.3, 0.4) is 0 Å². The Hall–Kier alpha value is -3.70. The SMILES string of the molecule is CC1=NC2=C(CN(CC(F)(F)F)CC2)C(=C=O)N1CCOc1ccc(Cl)cc1-c1cc(C)nc2c(C(=O)O)csc12. The smallest absolute Gasteiger partial charge is 0.401 e. The molecule has 8 nitrogen and oxygen atoms in total. The molecule has 0 unspecified atom stereocenters. The van der Waals surface area contributed by atoms with Crippen molar-refractivity contribution < 1.29 is 32.6 Å². The molecule has 0 spiro atoms. The van der Waals surface area contributed by atoms with Crippen LogP contribution in [-0.4, -0.2) is 76.6 Å². The zero-order chi connectivity index (χ0) is 29.5. The molecule has 0 aliphatic carbocycles. The zero-order valence-corrected chi connectivity index (χ0v) is 23.6. The number of fused-ring (bicyclic) bond motifs is 1. The first kappa shape index (κ1) is 28.8. The number of aromatic carboxylic acids is 1. The fraction of sp³-hybridized carbons (Fsp3) is 0.321. The highest BCUT2D eigenvalue weighted by Crippen LogP contribution is 2.40. The number of carboxylic acid groups (broad SMARTS) is 1. The number of aliphatic imine (C=N–C) groups is 1. The molecule has 0 atom stereocenters. The van der Waals surface area contributed by atoms with E-state index in [0.717, 1.165) is 0 Å². The lowest BCUT2D eigenvalue weighted by Gasteiger charge is -2.36.